The van der Waals surface area contributed by atoms with Crippen molar-refractivity contribution in [3.05, 3.63) is 42.5 Å². The van der Waals surface area contributed by atoms with Gasteiger partial charge in [-0.3, -0.25) is 0 Å². The van der Waals surface area contributed by atoms with E-state index in [4.69, 9.17) is 18.6 Å². The van der Waals surface area contributed by atoms with Gasteiger partial charge < -0.3 is 18.6 Å². The summed E-state index contributed by atoms with van der Waals surface area (Å²) >= 11 is 0. The van der Waals surface area contributed by atoms with Gasteiger partial charge in [0, 0.05) is 5.56 Å². The van der Waals surface area contributed by atoms with Gasteiger partial charge >= 0.3 is 0 Å². The molecule has 1 aromatic heterocycles. The molecule has 2 aromatic carbocycles. The SMILES string of the molecule is CCOc1ccccc1-c1nnc(-c2ccc3c(c2)OCO3)o1. The van der Waals surface area contributed by atoms with Gasteiger partial charge in [-0.25, -0.2) is 0 Å². The minimum Gasteiger partial charge on any atom is -0.493 e. The lowest BCUT2D eigenvalue weighted by molar-refractivity contribution is 0.174. The topological polar surface area (TPSA) is 66.6 Å². The Balaban J connectivity index is 1.70. The zero-order valence-electron chi connectivity index (χ0n) is 12.5. The van der Waals surface area contributed by atoms with E-state index in [0.717, 1.165) is 22.6 Å². The summed E-state index contributed by atoms with van der Waals surface area (Å²) in [6, 6.07) is 13.1. The minimum absolute atomic E-state index is 0.232. The van der Waals surface area contributed by atoms with Gasteiger partial charge in [-0.15, -0.1) is 10.2 Å². The first-order valence-corrected chi connectivity index (χ1v) is 7.31. The molecule has 0 spiro atoms. The van der Waals surface area contributed by atoms with Crippen molar-refractivity contribution in [1.82, 2.24) is 10.2 Å². The van der Waals surface area contributed by atoms with Crippen molar-refractivity contribution in [3.8, 4) is 40.2 Å². The Morgan fingerprint density at radius 2 is 1.83 bits per heavy atom. The van der Waals surface area contributed by atoms with Crippen LogP contribution in [0.5, 0.6) is 17.2 Å². The fraction of sp³-hybridized carbons (Fsp3) is 0.176. The molecule has 0 atom stereocenters. The molecule has 0 N–H and O–H groups in total. The molecule has 0 fully saturated rings. The Morgan fingerprint density at radius 1 is 1.00 bits per heavy atom. The maximum Gasteiger partial charge on any atom is 0.251 e. The first-order chi connectivity index (χ1) is 11.3. The van der Waals surface area contributed by atoms with Crippen LogP contribution in [0.25, 0.3) is 22.9 Å². The molecular weight excluding hydrogens is 296 g/mol. The molecule has 1 aliphatic heterocycles. The van der Waals surface area contributed by atoms with Crippen LogP contribution in [0, 0.1) is 0 Å². The lowest BCUT2D eigenvalue weighted by Crippen LogP contribution is -1.93. The predicted molar refractivity (Wildman–Crippen MR) is 82.5 cm³/mol. The molecule has 0 aliphatic carbocycles. The van der Waals surface area contributed by atoms with Crippen LogP contribution in [0.2, 0.25) is 0 Å². The number of hydrogen-bond donors (Lipinski definition) is 0. The highest BCUT2D eigenvalue weighted by Gasteiger charge is 2.18. The van der Waals surface area contributed by atoms with Crippen LogP contribution in [0.4, 0.5) is 0 Å². The van der Waals surface area contributed by atoms with Gasteiger partial charge in [-0.2, -0.15) is 0 Å². The summed E-state index contributed by atoms with van der Waals surface area (Å²) in [6.45, 7) is 2.73. The Bertz CT molecular complexity index is 844. The van der Waals surface area contributed by atoms with Gasteiger partial charge in [0.2, 0.25) is 12.7 Å². The molecule has 116 valence electrons. The molecular formula is C17H14N2O4. The van der Waals surface area contributed by atoms with E-state index >= 15 is 0 Å². The van der Waals surface area contributed by atoms with E-state index in [1.807, 2.05) is 49.4 Å². The molecule has 0 saturated carbocycles. The first kappa shape index (κ1) is 13.6. The third-order valence-corrected chi connectivity index (χ3v) is 3.46. The second-order valence-electron chi connectivity index (χ2n) is 4.91. The molecule has 0 saturated heterocycles. The number of aromatic nitrogens is 2. The summed E-state index contributed by atoms with van der Waals surface area (Å²) in [6.07, 6.45) is 0. The second kappa shape index (κ2) is 5.64. The van der Waals surface area contributed by atoms with Gasteiger partial charge in [0.15, 0.2) is 11.5 Å². The molecule has 2 heterocycles. The fourth-order valence-electron chi connectivity index (χ4n) is 2.40. The number of hydrogen-bond acceptors (Lipinski definition) is 6. The zero-order chi connectivity index (χ0) is 15.6. The smallest absolute Gasteiger partial charge is 0.251 e. The van der Waals surface area contributed by atoms with Crippen molar-refractivity contribution >= 4 is 0 Å². The van der Waals surface area contributed by atoms with Crippen LogP contribution in [-0.4, -0.2) is 23.6 Å². The van der Waals surface area contributed by atoms with Gasteiger partial charge in [-0.05, 0) is 37.3 Å². The van der Waals surface area contributed by atoms with Crippen molar-refractivity contribution < 1.29 is 18.6 Å². The predicted octanol–water partition coefficient (Wildman–Crippen LogP) is 3.53. The van der Waals surface area contributed by atoms with Gasteiger partial charge in [0.25, 0.3) is 5.89 Å². The van der Waals surface area contributed by atoms with E-state index in [1.54, 1.807) is 0 Å². The first-order valence-electron chi connectivity index (χ1n) is 7.31. The zero-order valence-corrected chi connectivity index (χ0v) is 12.5. The number of rotatable bonds is 4. The number of ether oxygens (including phenoxy) is 3. The molecule has 0 unspecified atom stereocenters. The number of nitrogens with zero attached hydrogens (tertiary/aromatic N) is 2. The molecule has 0 amide bonds. The standard InChI is InChI=1S/C17H14N2O4/c1-2-20-13-6-4-3-5-12(13)17-19-18-16(23-17)11-7-8-14-15(9-11)22-10-21-14/h3-9H,2,10H2,1H3. The minimum atomic E-state index is 0.232. The average molecular weight is 310 g/mol. The van der Waals surface area contributed by atoms with Gasteiger partial charge in [0.1, 0.15) is 5.75 Å². The Morgan fingerprint density at radius 3 is 2.74 bits per heavy atom. The molecule has 0 radical (unpaired) electrons. The summed E-state index contributed by atoms with van der Waals surface area (Å²) in [5, 5.41) is 8.25. The molecule has 1 aliphatic rings. The van der Waals surface area contributed by atoms with E-state index in [2.05, 4.69) is 10.2 Å². The average Bonchev–Trinajstić information content (AvgIpc) is 3.24. The highest BCUT2D eigenvalue weighted by atomic mass is 16.7. The summed E-state index contributed by atoms with van der Waals surface area (Å²) in [5.74, 6) is 2.95. The van der Waals surface area contributed by atoms with Gasteiger partial charge in [0.05, 0.1) is 12.2 Å². The van der Waals surface area contributed by atoms with E-state index in [-0.39, 0.29) is 6.79 Å². The Hall–Kier alpha value is -3.02. The molecule has 0 bridgehead atoms. The summed E-state index contributed by atoms with van der Waals surface area (Å²) in [5.41, 5.74) is 1.55. The molecule has 23 heavy (non-hydrogen) atoms. The van der Waals surface area contributed by atoms with E-state index in [1.165, 1.54) is 0 Å². The van der Waals surface area contributed by atoms with Gasteiger partial charge in [-0.1, -0.05) is 12.1 Å². The molecule has 6 nitrogen and oxygen atoms in total. The van der Waals surface area contributed by atoms with Crippen LogP contribution < -0.4 is 14.2 Å². The lowest BCUT2D eigenvalue weighted by Gasteiger charge is -2.06. The van der Waals surface area contributed by atoms with Crippen molar-refractivity contribution in [1.29, 1.82) is 0 Å². The number of benzene rings is 2. The monoisotopic (exact) mass is 310 g/mol. The number of para-hydroxylation sites is 1. The van der Waals surface area contributed by atoms with E-state index < -0.39 is 0 Å². The normalized spacial score (nSPS) is 12.4. The maximum absolute atomic E-state index is 5.80. The molecule has 4 rings (SSSR count). The van der Waals surface area contributed by atoms with Crippen LogP contribution in [0.1, 0.15) is 6.92 Å². The van der Waals surface area contributed by atoms with E-state index in [9.17, 15) is 0 Å². The Kier molecular flexibility index (Phi) is 3.34. The van der Waals surface area contributed by atoms with Crippen molar-refractivity contribution in [2.24, 2.45) is 0 Å². The maximum atomic E-state index is 5.80. The summed E-state index contributed by atoms with van der Waals surface area (Å²) in [7, 11) is 0. The lowest BCUT2D eigenvalue weighted by atomic mass is 10.2. The van der Waals surface area contributed by atoms with Crippen LogP contribution >= 0.6 is 0 Å². The van der Waals surface area contributed by atoms with Crippen LogP contribution in [0.3, 0.4) is 0 Å². The van der Waals surface area contributed by atoms with Crippen LogP contribution in [-0.2, 0) is 0 Å². The summed E-state index contributed by atoms with van der Waals surface area (Å²) < 4.78 is 22.1. The Labute approximate surface area is 132 Å². The van der Waals surface area contributed by atoms with Crippen LogP contribution in [0.15, 0.2) is 46.9 Å². The molecule has 3 aromatic rings. The molecule has 6 heteroatoms. The van der Waals surface area contributed by atoms with Crippen molar-refractivity contribution in [3.63, 3.8) is 0 Å². The van der Waals surface area contributed by atoms with E-state index in [0.29, 0.717) is 24.1 Å². The third-order valence-electron chi connectivity index (χ3n) is 3.46. The fourth-order valence-corrected chi connectivity index (χ4v) is 2.40. The highest BCUT2D eigenvalue weighted by Crippen LogP contribution is 2.36. The second-order valence-corrected chi connectivity index (χ2v) is 4.91. The van der Waals surface area contributed by atoms with Crippen molar-refractivity contribution in [2.45, 2.75) is 6.92 Å². The largest absolute Gasteiger partial charge is 0.493 e. The third kappa shape index (κ3) is 2.48. The van der Waals surface area contributed by atoms with Crippen molar-refractivity contribution in [2.75, 3.05) is 13.4 Å². The quantitative estimate of drug-likeness (QED) is 0.734. The number of fused-ring (bicyclic) bond motifs is 1. The highest BCUT2D eigenvalue weighted by molar-refractivity contribution is 5.65. The summed E-state index contributed by atoms with van der Waals surface area (Å²) in [4.78, 5) is 0.